The van der Waals surface area contributed by atoms with Crippen molar-refractivity contribution in [3.05, 3.63) is 0 Å². The van der Waals surface area contributed by atoms with Gasteiger partial charge in [0.1, 0.15) is 0 Å². The first kappa shape index (κ1) is 9.36. The van der Waals surface area contributed by atoms with Crippen LogP contribution < -0.4 is 11.1 Å². The lowest BCUT2D eigenvalue weighted by molar-refractivity contribution is 0.673. The van der Waals surface area contributed by atoms with Crippen LogP contribution in [-0.2, 0) is 0 Å². The first-order valence-corrected chi connectivity index (χ1v) is 5.51. The number of thioether (sulfide) groups is 1. The molecule has 1 unspecified atom stereocenters. The predicted octanol–water partition coefficient (Wildman–Crippen LogP) is 0.819. The SMILES string of the molecule is CC(N)CSC[C@H]1CCCN1. The first-order chi connectivity index (χ1) is 5.29. The minimum absolute atomic E-state index is 0.349. The third kappa shape index (κ3) is 3.99. The zero-order valence-electron chi connectivity index (χ0n) is 7.18. The highest BCUT2D eigenvalue weighted by atomic mass is 32.2. The van der Waals surface area contributed by atoms with Gasteiger partial charge in [0.05, 0.1) is 0 Å². The van der Waals surface area contributed by atoms with E-state index in [2.05, 4.69) is 12.2 Å². The fourth-order valence-corrected chi connectivity index (χ4v) is 2.37. The fourth-order valence-electron chi connectivity index (χ4n) is 1.30. The van der Waals surface area contributed by atoms with Gasteiger partial charge in [0, 0.05) is 23.6 Å². The average Bonchev–Trinajstić information content (AvgIpc) is 2.39. The molecule has 3 heteroatoms. The van der Waals surface area contributed by atoms with Gasteiger partial charge in [0.15, 0.2) is 0 Å². The van der Waals surface area contributed by atoms with Gasteiger partial charge in [-0.15, -0.1) is 0 Å². The molecule has 0 amide bonds. The normalized spacial score (nSPS) is 27.3. The molecule has 1 heterocycles. The Hall–Kier alpha value is 0.270. The number of hydrogen-bond donors (Lipinski definition) is 2. The number of rotatable bonds is 4. The van der Waals surface area contributed by atoms with E-state index in [-0.39, 0.29) is 0 Å². The van der Waals surface area contributed by atoms with Gasteiger partial charge in [0.25, 0.3) is 0 Å². The molecule has 0 spiro atoms. The molecule has 66 valence electrons. The highest BCUT2D eigenvalue weighted by Crippen LogP contribution is 2.11. The minimum atomic E-state index is 0.349. The zero-order valence-corrected chi connectivity index (χ0v) is 7.99. The molecule has 1 aliphatic rings. The first-order valence-electron chi connectivity index (χ1n) is 4.36. The van der Waals surface area contributed by atoms with E-state index >= 15 is 0 Å². The highest BCUT2D eigenvalue weighted by Gasteiger charge is 2.13. The minimum Gasteiger partial charge on any atom is -0.327 e. The Kier molecular flexibility index (Phi) is 4.26. The van der Waals surface area contributed by atoms with Crippen LogP contribution in [0.1, 0.15) is 19.8 Å². The van der Waals surface area contributed by atoms with E-state index in [0.29, 0.717) is 6.04 Å². The van der Waals surface area contributed by atoms with Crippen LogP contribution in [0.2, 0.25) is 0 Å². The van der Waals surface area contributed by atoms with Crippen molar-refractivity contribution in [1.29, 1.82) is 0 Å². The standard InChI is InChI=1S/C8H18N2S/c1-7(9)5-11-6-8-3-2-4-10-8/h7-8,10H,2-6,9H2,1H3/t7?,8-/m1/s1. The molecule has 1 fully saturated rings. The van der Waals surface area contributed by atoms with Crippen molar-refractivity contribution < 1.29 is 0 Å². The second-order valence-corrected chi connectivity index (χ2v) is 4.38. The van der Waals surface area contributed by atoms with Crippen molar-refractivity contribution in [3.8, 4) is 0 Å². The maximum atomic E-state index is 5.64. The molecule has 0 saturated carbocycles. The highest BCUT2D eigenvalue weighted by molar-refractivity contribution is 7.99. The summed E-state index contributed by atoms with van der Waals surface area (Å²) in [6.07, 6.45) is 2.70. The summed E-state index contributed by atoms with van der Waals surface area (Å²) in [5, 5.41) is 3.47. The molecule has 0 aromatic heterocycles. The Labute approximate surface area is 73.3 Å². The quantitative estimate of drug-likeness (QED) is 0.662. The van der Waals surface area contributed by atoms with Gasteiger partial charge < -0.3 is 11.1 Å². The van der Waals surface area contributed by atoms with Gasteiger partial charge in [-0.05, 0) is 26.3 Å². The Balaban J connectivity index is 1.94. The van der Waals surface area contributed by atoms with Crippen LogP contribution in [0.15, 0.2) is 0 Å². The lowest BCUT2D eigenvalue weighted by Crippen LogP contribution is -2.25. The van der Waals surface area contributed by atoms with E-state index in [1.165, 1.54) is 25.1 Å². The molecule has 2 atom stereocenters. The van der Waals surface area contributed by atoms with E-state index in [0.717, 1.165) is 11.8 Å². The van der Waals surface area contributed by atoms with Crippen LogP contribution in [-0.4, -0.2) is 30.1 Å². The molecule has 1 rings (SSSR count). The zero-order chi connectivity index (χ0) is 8.10. The summed E-state index contributed by atoms with van der Waals surface area (Å²) in [6.45, 7) is 3.28. The molecule has 3 N–H and O–H groups in total. The molecule has 11 heavy (non-hydrogen) atoms. The molecule has 0 aromatic rings. The molecule has 0 aliphatic carbocycles. The smallest absolute Gasteiger partial charge is 0.0158 e. The summed E-state index contributed by atoms with van der Waals surface area (Å²) in [5.41, 5.74) is 5.64. The van der Waals surface area contributed by atoms with Crippen LogP contribution in [0.4, 0.5) is 0 Å². The second kappa shape index (κ2) is 5.01. The summed E-state index contributed by atoms with van der Waals surface area (Å²) < 4.78 is 0. The third-order valence-electron chi connectivity index (χ3n) is 1.86. The van der Waals surface area contributed by atoms with Crippen molar-refractivity contribution in [3.63, 3.8) is 0 Å². The molecule has 0 bridgehead atoms. The Morgan fingerprint density at radius 1 is 1.73 bits per heavy atom. The summed E-state index contributed by atoms with van der Waals surface area (Å²) in [6, 6.07) is 1.11. The van der Waals surface area contributed by atoms with Gasteiger partial charge in [-0.1, -0.05) is 0 Å². The molecule has 1 aliphatic heterocycles. The number of nitrogens with one attached hydrogen (secondary N) is 1. The second-order valence-electron chi connectivity index (χ2n) is 3.31. The molecule has 2 nitrogen and oxygen atoms in total. The predicted molar refractivity (Wildman–Crippen MR) is 52.0 cm³/mol. The van der Waals surface area contributed by atoms with Crippen molar-refractivity contribution in [2.75, 3.05) is 18.1 Å². The topological polar surface area (TPSA) is 38.0 Å². The van der Waals surface area contributed by atoms with Gasteiger partial charge in [-0.25, -0.2) is 0 Å². The maximum Gasteiger partial charge on any atom is 0.0158 e. The van der Waals surface area contributed by atoms with Crippen LogP contribution >= 0.6 is 11.8 Å². The largest absolute Gasteiger partial charge is 0.327 e. The van der Waals surface area contributed by atoms with Gasteiger partial charge in [0.2, 0.25) is 0 Å². The van der Waals surface area contributed by atoms with Crippen molar-refractivity contribution >= 4 is 11.8 Å². The van der Waals surface area contributed by atoms with Gasteiger partial charge in [-0.2, -0.15) is 11.8 Å². The van der Waals surface area contributed by atoms with E-state index in [1.54, 1.807) is 0 Å². The Bertz CT molecular complexity index is 100. The summed E-state index contributed by atoms with van der Waals surface area (Å²) >= 11 is 1.97. The van der Waals surface area contributed by atoms with Crippen molar-refractivity contribution in [1.82, 2.24) is 5.32 Å². The molecule has 0 radical (unpaired) electrons. The van der Waals surface area contributed by atoms with Gasteiger partial charge in [-0.3, -0.25) is 0 Å². The van der Waals surface area contributed by atoms with Crippen LogP contribution in [0.5, 0.6) is 0 Å². The third-order valence-corrected chi connectivity index (χ3v) is 3.26. The molecule has 0 aromatic carbocycles. The molecule has 1 saturated heterocycles. The lowest BCUT2D eigenvalue weighted by Gasteiger charge is -2.10. The summed E-state index contributed by atoms with van der Waals surface area (Å²) in [5.74, 6) is 2.33. The number of nitrogens with two attached hydrogens (primary N) is 1. The van der Waals surface area contributed by atoms with E-state index < -0.39 is 0 Å². The van der Waals surface area contributed by atoms with E-state index in [4.69, 9.17) is 5.73 Å². The lowest BCUT2D eigenvalue weighted by atomic mass is 10.3. The van der Waals surface area contributed by atoms with Crippen molar-refractivity contribution in [2.24, 2.45) is 5.73 Å². The number of hydrogen-bond acceptors (Lipinski definition) is 3. The van der Waals surface area contributed by atoms with Crippen LogP contribution in [0.25, 0.3) is 0 Å². The van der Waals surface area contributed by atoms with Gasteiger partial charge >= 0.3 is 0 Å². The summed E-state index contributed by atoms with van der Waals surface area (Å²) in [4.78, 5) is 0. The van der Waals surface area contributed by atoms with E-state index in [9.17, 15) is 0 Å². The average molecular weight is 174 g/mol. The van der Waals surface area contributed by atoms with Crippen LogP contribution in [0, 0.1) is 0 Å². The summed E-state index contributed by atoms with van der Waals surface area (Å²) in [7, 11) is 0. The van der Waals surface area contributed by atoms with Crippen LogP contribution in [0.3, 0.4) is 0 Å². The Morgan fingerprint density at radius 3 is 3.09 bits per heavy atom. The molecular weight excluding hydrogens is 156 g/mol. The van der Waals surface area contributed by atoms with Crippen molar-refractivity contribution in [2.45, 2.75) is 31.8 Å². The van der Waals surface area contributed by atoms with E-state index in [1.807, 2.05) is 11.8 Å². The Morgan fingerprint density at radius 2 is 2.55 bits per heavy atom. The monoisotopic (exact) mass is 174 g/mol. The maximum absolute atomic E-state index is 5.64. The molecular formula is C8H18N2S. The fraction of sp³-hybridized carbons (Fsp3) is 1.00.